The van der Waals surface area contributed by atoms with Gasteiger partial charge in [-0.05, 0) is 30.5 Å². The van der Waals surface area contributed by atoms with Gasteiger partial charge in [0.15, 0.2) is 0 Å². The number of urea groups is 1. The zero-order chi connectivity index (χ0) is 12.5. The number of anilines is 1. The summed E-state index contributed by atoms with van der Waals surface area (Å²) in [6.07, 6.45) is 2.06. The van der Waals surface area contributed by atoms with Gasteiger partial charge in [-0.3, -0.25) is 4.90 Å². The highest BCUT2D eigenvalue weighted by atomic mass is 35.5. The van der Waals surface area contributed by atoms with Crippen molar-refractivity contribution >= 4 is 35.9 Å². The summed E-state index contributed by atoms with van der Waals surface area (Å²) < 4.78 is 0. The van der Waals surface area contributed by atoms with Crippen LogP contribution in [0.2, 0.25) is 0 Å². The van der Waals surface area contributed by atoms with Gasteiger partial charge in [0.05, 0.1) is 6.04 Å². The molecule has 104 valence electrons. The van der Waals surface area contributed by atoms with Crippen molar-refractivity contribution in [3.05, 3.63) is 24.3 Å². The van der Waals surface area contributed by atoms with Gasteiger partial charge in [-0.15, -0.1) is 24.2 Å². The van der Waals surface area contributed by atoms with E-state index in [1.807, 2.05) is 21.9 Å². The van der Waals surface area contributed by atoms with Gasteiger partial charge < -0.3 is 10.2 Å². The molecular formula is C13H18ClN3OS. The summed E-state index contributed by atoms with van der Waals surface area (Å²) >= 11 is 1.72. The number of hydrogen-bond acceptors (Lipinski definition) is 3. The summed E-state index contributed by atoms with van der Waals surface area (Å²) in [6.45, 7) is 3.43. The highest BCUT2D eigenvalue weighted by molar-refractivity contribution is 7.98. The van der Waals surface area contributed by atoms with Crippen LogP contribution in [0, 0.1) is 0 Å². The van der Waals surface area contributed by atoms with Gasteiger partial charge in [-0.25, -0.2) is 4.79 Å². The van der Waals surface area contributed by atoms with Gasteiger partial charge in [-0.2, -0.15) is 0 Å². The number of rotatable bonds is 2. The summed E-state index contributed by atoms with van der Waals surface area (Å²) in [5.74, 6) is 0. The number of hydrogen-bond donors (Lipinski definition) is 1. The Bertz CT molecular complexity index is 454. The number of carbonyl (C=O) groups is 1. The van der Waals surface area contributed by atoms with Gasteiger partial charge in [0, 0.05) is 36.8 Å². The summed E-state index contributed by atoms with van der Waals surface area (Å²) in [4.78, 5) is 17.4. The minimum atomic E-state index is 0. The molecule has 1 N–H and O–H groups in total. The van der Waals surface area contributed by atoms with Crippen molar-refractivity contribution in [1.82, 2.24) is 10.2 Å². The molecule has 1 aromatic carbocycles. The quantitative estimate of drug-likeness (QED) is 0.849. The number of thioether (sulfide) groups is 1. The largest absolute Gasteiger partial charge is 0.324 e. The third-order valence-electron chi connectivity index (χ3n) is 3.60. The fourth-order valence-electron chi connectivity index (χ4n) is 2.60. The van der Waals surface area contributed by atoms with Crippen molar-refractivity contribution in [2.45, 2.75) is 10.9 Å². The molecule has 0 bridgehead atoms. The number of carbonyl (C=O) groups excluding carboxylic acids is 1. The van der Waals surface area contributed by atoms with Crippen LogP contribution in [0.1, 0.15) is 0 Å². The van der Waals surface area contributed by atoms with Crippen molar-refractivity contribution in [2.75, 3.05) is 37.3 Å². The molecule has 0 saturated carbocycles. The Morgan fingerprint density at radius 2 is 2.05 bits per heavy atom. The Balaban J connectivity index is 0.00000133. The molecule has 0 spiro atoms. The smallest absolute Gasteiger partial charge is 0.317 e. The minimum Gasteiger partial charge on any atom is -0.317 e. The van der Waals surface area contributed by atoms with E-state index in [0.717, 1.165) is 31.9 Å². The first-order chi connectivity index (χ1) is 8.79. The number of benzene rings is 1. The molecule has 0 radical (unpaired) electrons. The summed E-state index contributed by atoms with van der Waals surface area (Å²) in [6, 6.07) is 8.70. The predicted molar refractivity (Wildman–Crippen MR) is 81.6 cm³/mol. The van der Waals surface area contributed by atoms with Gasteiger partial charge in [-0.1, -0.05) is 0 Å². The van der Waals surface area contributed by atoms with Crippen molar-refractivity contribution in [2.24, 2.45) is 0 Å². The molecule has 2 saturated heterocycles. The van der Waals surface area contributed by atoms with Crippen LogP contribution < -0.4 is 10.2 Å². The van der Waals surface area contributed by atoms with Gasteiger partial charge >= 0.3 is 6.03 Å². The maximum atomic E-state index is 12.3. The zero-order valence-electron chi connectivity index (χ0n) is 10.8. The van der Waals surface area contributed by atoms with Crippen LogP contribution in [-0.2, 0) is 0 Å². The first kappa shape index (κ1) is 14.5. The molecular weight excluding hydrogens is 282 g/mol. The average Bonchev–Trinajstić information content (AvgIpc) is 2.77. The second-order valence-corrected chi connectivity index (χ2v) is 5.52. The normalized spacial score (nSPS) is 22.2. The van der Waals surface area contributed by atoms with E-state index in [2.05, 4.69) is 23.7 Å². The fraction of sp³-hybridized carbons (Fsp3) is 0.462. The Hall–Kier alpha value is -0.910. The summed E-state index contributed by atoms with van der Waals surface area (Å²) in [5, 5.41) is 3.34. The summed E-state index contributed by atoms with van der Waals surface area (Å²) in [7, 11) is 0. The second-order valence-electron chi connectivity index (χ2n) is 4.64. The third kappa shape index (κ3) is 2.68. The standard InChI is InChI=1S/C13H17N3OS.ClH/c1-18-12-4-2-10(3-5-12)16-9-11-8-14-6-7-15(11)13(16)17;/h2-5,11,14H,6-9H2,1H3;1H. The highest BCUT2D eigenvalue weighted by Gasteiger charge is 2.38. The molecule has 1 atom stereocenters. The lowest BCUT2D eigenvalue weighted by molar-refractivity contribution is 0.193. The van der Waals surface area contributed by atoms with Crippen LogP contribution in [0.15, 0.2) is 29.2 Å². The zero-order valence-corrected chi connectivity index (χ0v) is 12.5. The van der Waals surface area contributed by atoms with E-state index in [0.29, 0.717) is 6.04 Å². The van der Waals surface area contributed by atoms with Crippen LogP contribution in [-0.4, -0.2) is 49.4 Å². The van der Waals surface area contributed by atoms with Crippen LogP contribution in [0.25, 0.3) is 0 Å². The Morgan fingerprint density at radius 1 is 1.32 bits per heavy atom. The van der Waals surface area contributed by atoms with Crippen LogP contribution in [0.4, 0.5) is 10.5 Å². The average molecular weight is 300 g/mol. The van der Waals surface area contributed by atoms with E-state index in [4.69, 9.17) is 0 Å². The van der Waals surface area contributed by atoms with Crippen LogP contribution >= 0.6 is 24.2 Å². The number of nitrogens with one attached hydrogen (secondary N) is 1. The summed E-state index contributed by atoms with van der Waals surface area (Å²) in [5.41, 5.74) is 1.01. The molecule has 1 aromatic rings. The van der Waals surface area contributed by atoms with Gasteiger partial charge in [0.1, 0.15) is 0 Å². The van der Waals surface area contributed by atoms with E-state index in [9.17, 15) is 4.79 Å². The number of nitrogens with zero attached hydrogens (tertiary/aromatic N) is 2. The lowest BCUT2D eigenvalue weighted by Gasteiger charge is -2.28. The number of amides is 2. The predicted octanol–water partition coefficient (Wildman–Crippen LogP) is 2.04. The van der Waals surface area contributed by atoms with E-state index in [1.54, 1.807) is 11.8 Å². The molecule has 1 unspecified atom stereocenters. The van der Waals surface area contributed by atoms with Crippen molar-refractivity contribution in [3.63, 3.8) is 0 Å². The molecule has 3 rings (SSSR count). The van der Waals surface area contributed by atoms with E-state index in [-0.39, 0.29) is 18.4 Å². The first-order valence-electron chi connectivity index (χ1n) is 6.22. The van der Waals surface area contributed by atoms with Gasteiger partial charge in [0.2, 0.25) is 0 Å². The minimum absolute atomic E-state index is 0. The molecule has 4 nitrogen and oxygen atoms in total. The molecule has 2 fully saturated rings. The monoisotopic (exact) mass is 299 g/mol. The molecule has 2 amide bonds. The molecule has 2 heterocycles. The van der Waals surface area contributed by atoms with Crippen LogP contribution in [0.3, 0.4) is 0 Å². The molecule has 2 aliphatic heterocycles. The molecule has 0 aliphatic carbocycles. The third-order valence-corrected chi connectivity index (χ3v) is 4.35. The number of piperazine rings is 1. The lowest BCUT2D eigenvalue weighted by Crippen LogP contribution is -2.49. The fourth-order valence-corrected chi connectivity index (χ4v) is 3.01. The number of fused-ring (bicyclic) bond motifs is 1. The second kappa shape index (κ2) is 6.03. The Labute approximate surface area is 123 Å². The molecule has 6 heteroatoms. The maximum Gasteiger partial charge on any atom is 0.324 e. The Kier molecular flexibility index (Phi) is 4.60. The molecule has 19 heavy (non-hydrogen) atoms. The SMILES string of the molecule is CSc1ccc(N2CC3CNCCN3C2=O)cc1.Cl. The van der Waals surface area contributed by atoms with Crippen molar-refractivity contribution in [3.8, 4) is 0 Å². The first-order valence-corrected chi connectivity index (χ1v) is 7.45. The molecule has 0 aromatic heterocycles. The lowest BCUT2D eigenvalue weighted by atomic mass is 10.2. The van der Waals surface area contributed by atoms with Crippen molar-refractivity contribution < 1.29 is 4.79 Å². The van der Waals surface area contributed by atoms with E-state index in [1.165, 1.54) is 4.90 Å². The maximum absolute atomic E-state index is 12.3. The van der Waals surface area contributed by atoms with Gasteiger partial charge in [0.25, 0.3) is 0 Å². The van der Waals surface area contributed by atoms with Crippen LogP contribution in [0.5, 0.6) is 0 Å². The molecule has 2 aliphatic rings. The number of halogens is 1. The van der Waals surface area contributed by atoms with Crippen molar-refractivity contribution in [1.29, 1.82) is 0 Å². The van der Waals surface area contributed by atoms with E-state index >= 15 is 0 Å². The topological polar surface area (TPSA) is 35.6 Å². The Morgan fingerprint density at radius 3 is 2.68 bits per heavy atom. The highest BCUT2D eigenvalue weighted by Crippen LogP contribution is 2.26. The van der Waals surface area contributed by atoms with E-state index < -0.39 is 0 Å².